The molecule has 0 saturated carbocycles. The Balaban J connectivity index is 2.47. The van der Waals surface area contributed by atoms with E-state index in [1.807, 2.05) is 6.07 Å². The molecule has 2 heterocycles. The molecule has 0 N–H and O–H groups in total. The highest BCUT2D eigenvalue weighted by atomic mass is 16.2. The molecule has 1 aliphatic rings. The van der Waals surface area contributed by atoms with Gasteiger partial charge >= 0.3 is 5.69 Å². The van der Waals surface area contributed by atoms with E-state index in [0.29, 0.717) is 32.0 Å². The fraction of sp³-hybridized carbons (Fsp3) is 0.538. The zero-order chi connectivity index (χ0) is 15.7. The molecule has 0 unspecified atom stereocenters. The third-order valence-electron chi connectivity index (χ3n) is 3.77. The van der Waals surface area contributed by atoms with Gasteiger partial charge in [0.05, 0.1) is 0 Å². The Morgan fingerprint density at radius 3 is 2.14 bits per heavy atom. The second-order valence-corrected chi connectivity index (χ2v) is 5.01. The average molecular weight is 291 g/mol. The van der Waals surface area contributed by atoms with Gasteiger partial charge in [-0.25, -0.2) is 4.79 Å². The third kappa shape index (κ3) is 2.42. The van der Waals surface area contributed by atoms with E-state index in [1.165, 1.54) is 25.6 Å². The van der Waals surface area contributed by atoms with Gasteiger partial charge in [-0.15, -0.1) is 0 Å². The van der Waals surface area contributed by atoms with E-state index in [4.69, 9.17) is 0 Å². The van der Waals surface area contributed by atoms with Gasteiger partial charge in [0.25, 0.3) is 5.56 Å². The molecule has 0 spiro atoms. The first-order valence-corrected chi connectivity index (χ1v) is 6.59. The number of rotatable bonds is 1. The molecule has 1 fully saturated rings. The number of aromatic nitrogens is 2. The monoisotopic (exact) mass is 291 g/mol. The lowest BCUT2D eigenvalue weighted by molar-refractivity contribution is -0.129. The van der Waals surface area contributed by atoms with Crippen molar-refractivity contribution in [2.45, 2.75) is 6.92 Å². The summed E-state index contributed by atoms with van der Waals surface area (Å²) in [5, 5.41) is 9.24. The summed E-state index contributed by atoms with van der Waals surface area (Å²) in [4.78, 5) is 38.9. The standard InChI is InChI=1S/C13H17N5O3/c1-9(19)17-4-6-18(7-5-17)11-10(8-14)12(20)16(3)13(21)15(11)2/h4-7H2,1-3H3. The third-order valence-corrected chi connectivity index (χ3v) is 3.77. The minimum atomic E-state index is -0.593. The SMILES string of the molecule is CC(=O)N1CCN(c2c(C#N)c(=O)n(C)c(=O)n2C)CC1. The second kappa shape index (κ2) is 5.44. The van der Waals surface area contributed by atoms with Crippen LogP contribution in [0.4, 0.5) is 5.82 Å². The fourth-order valence-electron chi connectivity index (χ4n) is 2.53. The highest BCUT2D eigenvalue weighted by Gasteiger charge is 2.25. The van der Waals surface area contributed by atoms with Gasteiger partial charge in [-0.05, 0) is 0 Å². The highest BCUT2D eigenvalue weighted by molar-refractivity contribution is 5.73. The number of anilines is 1. The predicted octanol–water partition coefficient (Wildman–Crippen LogP) is -1.38. The first-order valence-electron chi connectivity index (χ1n) is 6.59. The number of hydrogen-bond acceptors (Lipinski definition) is 5. The molecular weight excluding hydrogens is 274 g/mol. The van der Waals surface area contributed by atoms with Crippen LogP contribution in [0.25, 0.3) is 0 Å². The molecule has 0 aliphatic carbocycles. The molecule has 1 aliphatic heterocycles. The molecule has 1 amide bonds. The van der Waals surface area contributed by atoms with Gasteiger partial charge in [0.1, 0.15) is 11.9 Å². The van der Waals surface area contributed by atoms with E-state index in [0.717, 1.165) is 4.57 Å². The molecular formula is C13H17N5O3. The van der Waals surface area contributed by atoms with Crippen LogP contribution in [0.5, 0.6) is 0 Å². The Morgan fingerprint density at radius 1 is 1.10 bits per heavy atom. The van der Waals surface area contributed by atoms with Gasteiger partial charge in [-0.3, -0.25) is 18.7 Å². The van der Waals surface area contributed by atoms with Crippen molar-refractivity contribution in [3.63, 3.8) is 0 Å². The van der Waals surface area contributed by atoms with E-state index >= 15 is 0 Å². The lowest BCUT2D eigenvalue weighted by Crippen LogP contribution is -2.51. The number of hydrogen-bond donors (Lipinski definition) is 0. The van der Waals surface area contributed by atoms with Crippen LogP contribution in [0.2, 0.25) is 0 Å². The van der Waals surface area contributed by atoms with Gasteiger partial charge in [0.2, 0.25) is 5.91 Å². The highest BCUT2D eigenvalue weighted by Crippen LogP contribution is 2.16. The largest absolute Gasteiger partial charge is 0.353 e. The Bertz CT molecular complexity index is 732. The molecule has 0 aromatic carbocycles. The van der Waals surface area contributed by atoms with Crippen LogP contribution >= 0.6 is 0 Å². The maximum atomic E-state index is 12.0. The average Bonchev–Trinajstić information content (AvgIpc) is 2.48. The summed E-state index contributed by atoms with van der Waals surface area (Å²) in [7, 11) is 2.89. The lowest BCUT2D eigenvalue weighted by atomic mass is 10.2. The molecule has 0 bridgehead atoms. The van der Waals surface area contributed by atoms with Gasteiger partial charge < -0.3 is 9.80 Å². The van der Waals surface area contributed by atoms with E-state index in [9.17, 15) is 19.6 Å². The van der Waals surface area contributed by atoms with Crippen molar-refractivity contribution in [1.29, 1.82) is 5.26 Å². The van der Waals surface area contributed by atoms with E-state index < -0.39 is 11.2 Å². The number of amides is 1. The molecule has 8 heteroatoms. The van der Waals surface area contributed by atoms with Gasteiger partial charge in [-0.2, -0.15) is 5.26 Å². The molecule has 0 radical (unpaired) electrons. The Hall–Kier alpha value is -2.56. The summed E-state index contributed by atoms with van der Waals surface area (Å²) in [6, 6.07) is 1.89. The smallest absolute Gasteiger partial charge is 0.332 e. The molecule has 1 aromatic rings. The molecule has 1 aromatic heterocycles. The second-order valence-electron chi connectivity index (χ2n) is 5.01. The maximum absolute atomic E-state index is 12.0. The Labute approximate surface area is 121 Å². The Kier molecular flexibility index (Phi) is 3.84. The van der Waals surface area contributed by atoms with Crippen LogP contribution in [0.1, 0.15) is 12.5 Å². The topological polar surface area (TPSA) is 91.3 Å². The molecule has 8 nitrogen and oxygen atoms in total. The van der Waals surface area contributed by atoms with Crippen molar-refractivity contribution >= 4 is 11.7 Å². The summed E-state index contributed by atoms with van der Waals surface area (Å²) in [5.74, 6) is 0.321. The van der Waals surface area contributed by atoms with Gasteiger partial charge in [-0.1, -0.05) is 0 Å². The van der Waals surface area contributed by atoms with Gasteiger partial charge in [0, 0.05) is 47.2 Å². The first-order chi connectivity index (χ1) is 9.88. The van der Waals surface area contributed by atoms with Crippen LogP contribution in [0.15, 0.2) is 9.59 Å². The number of nitrogens with zero attached hydrogens (tertiary/aromatic N) is 5. The van der Waals surface area contributed by atoms with Crippen molar-refractivity contribution in [3.8, 4) is 6.07 Å². The summed E-state index contributed by atoms with van der Waals surface area (Å²) < 4.78 is 2.23. The number of piperazine rings is 1. The zero-order valence-corrected chi connectivity index (χ0v) is 12.3. The van der Waals surface area contributed by atoms with E-state index in [2.05, 4.69) is 0 Å². The summed E-state index contributed by atoms with van der Waals surface area (Å²) >= 11 is 0. The quantitative estimate of drug-likeness (QED) is 0.636. The van der Waals surface area contributed by atoms with E-state index in [-0.39, 0.29) is 11.5 Å². The van der Waals surface area contributed by atoms with Crippen LogP contribution in [-0.2, 0) is 18.9 Å². The number of carbonyl (C=O) groups is 1. The zero-order valence-electron chi connectivity index (χ0n) is 12.3. The van der Waals surface area contributed by atoms with Crippen molar-refractivity contribution < 1.29 is 4.79 Å². The fourth-order valence-corrected chi connectivity index (χ4v) is 2.53. The molecule has 0 atom stereocenters. The summed E-state index contributed by atoms with van der Waals surface area (Å²) in [5.41, 5.74) is -1.11. The molecule has 112 valence electrons. The van der Waals surface area contributed by atoms with Crippen LogP contribution in [-0.4, -0.2) is 46.1 Å². The van der Waals surface area contributed by atoms with Gasteiger partial charge in [0.15, 0.2) is 5.56 Å². The van der Waals surface area contributed by atoms with Crippen molar-refractivity contribution in [1.82, 2.24) is 14.0 Å². The number of carbonyl (C=O) groups excluding carboxylic acids is 1. The van der Waals surface area contributed by atoms with Crippen molar-refractivity contribution in [3.05, 3.63) is 26.4 Å². The normalized spacial score (nSPS) is 15.0. The van der Waals surface area contributed by atoms with Crippen molar-refractivity contribution in [2.24, 2.45) is 14.1 Å². The molecule has 2 rings (SSSR count). The predicted molar refractivity (Wildman–Crippen MR) is 76.1 cm³/mol. The minimum Gasteiger partial charge on any atom is -0.353 e. The summed E-state index contributed by atoms with van der Waals surface area (Å²) in [6.07, 6.45) is 0. The van der Waals surface area contributed by atoms with Crippen molar-refractivity contribution in [2.75, 3.05) is 31.1 Å². The maximum Gasteiger partial charge on any atom is 0.332 e. The lowest BCUT2D eigenvalue weighted by Gasteiger charge is -2.36. The van der Waals surface area contributed by atoms with E-state index in [1.54, 1.807) is 9.80 Å². The molecule has 1 saturated heterocycles. The molecule has 21 heavy (non-hydrogen) atoms. The van der Waals surface area contributed by atoms with Crippen LogP contribution < -0.4 is 16.1 Å². The summed E-state index contributed by atoms with van der Waals surface area (Å²) in [6.45, 7) is 3.47. The van der Waals surface area contributed by atoms with Crippen LogP contribution in [0.3, 0.4) is 0 Å². The Morgan fingerprint density at radius 2 is 1.67 bits per heavy atom. The number of nitriles is 1. The minimum absolute atomic E-state index is 0.00646. The van der Waals surface area contributed by atoms with Crippen LogP contribution in [0, 0.1) is 11.3 Å². The first kappa shape index (κ1) is 14.8.